The number of hydrogen-bond acceptors (Lipinski definition) is 5. The summed E-state index contributed by atoms with van der Waals surface area (Å²) in [6.45, 7) is 5.80. The number of benzene rings is 2. The van der Waals surface area contributed by atoms with E-state index in [9.17, 15) is 0 Å². The second-order valence-electron chi connectivity index (χ2n) is 5.72. The third-order valence-corrected chi connectivity index (χ3v) is 3.56. The number of nitrogens with zero attached hydrogens (tertiary/aromatic N) is 3. The first-order valence-corrected chi connectivity index (χ1v) is 8.06. The maximum Gasteiger partial charge on any atom is 0.243 e. The summed E-state index contributed by atoms with van der Waals surface area (Å²) in [7, 11) is 0. The van der Waals surface area contributed by atoms with Crippen molar-refractivity contribution in [2.24, 2.45) is 5.10 Å². The Bertz CT molecular complexity index is 854. The highest BCUT2D eigenvalue weighted by Crippen LogP contribution is 2.21. The first-order chi connectivity index (χ1) is 12.1. The van der Waals surface area contributed by atoms with E-state index in [-0.39, 0.29) is 0 Å². The van der Waals surface area contributed by atoms with Crippen LogP contribution in [-0.2, 0) is 0 Å². The molecule has 3 rings (SSSR count). The molecule has 1 N–H and O–H groups in total. The largest absolute Gasteiger partial charge is 0.457 e. The van der Waals surface area contributed by atoms with E-state index in [4.69, 9.17) is 4.74 Å². The second-order valence-corrected chi connectivity index (χ2v) is 5.72. The lowest BCUT2D eigenvalue weighted by Gasteiger charge is -2.07. The molecule has 5 nitrogen and oxygen atoms in total. The SMILES string of the molecule is CC(=NNc1nc(C)cc(C)n1)c1ccc(Oc2ccccc2)cc1. The van der Waals surface area contributed by atoms with Gasteiger partial charge in [0.1, 0.15) is 11.5 Å². The molecule has 1 heterocycles. The molecular formula is C20H20N4O. The molecule has 3 aromatic rings. The van der Waals surface area contributed by atoms with E-state index in [1.807, 2.05) is 81.4 Å². The third kappa shape index (κ3) is 4.64. The van der Waals surface area contributed by atoms with Gasteiger partial charge in [-0.1, -0.05) is 18.2 Å². The molecule has 0 saturated heterocycles. The van der Waals surface area contributed by atoms with E-state index in [0.29, 0.717) is 5.95 Å². The number of para-hydroxylation sites is 1. The number of aromatic nitrogens is 2. The number of hydrazone groups is 1. The Hall–Kier alpha value is -3.21. The number of aryl methyl sites for hydroxylation is 2. The van der Waals surface area contributed by atoms with Gasteiger partial charge in [0.25, 0.3) is 0 Å². The molecule has 1 aromatic heterocycles. The summed E-state index contributed by atoms with van der Waals surface area (Å²) in [6, 6.07) is 19.4. The Morgan fingerprint density at radius 2 is 1.48 bits per heavy atom. The molecule has 0 unspecified atom stereocenters. The van der Waals surface area contributed by atoms with Gasteiger partial charge in [-0.05, 0) is 68.8 Å². The fourth-order valence-corrected chi connectivity index (χ4v) is 2.36. The number of nitrogens with one attached hydrogen (secondary N) is 1. The van der Waals surface area contributed by atoms with E-state index < -0.39 is 0 Å². The lowest BCUT2D eigenvalue weighted by atomic mass is 10.1. The molecule has 2 aromatic carbocycles. The van der Waals surface area contributed by atoms with Crippen molar-refractivity contribution >= 4 is 11.7 Å². The van der Waals surface area contributed by atoms with Gasteiger partial charge < -0.3 is 4.74 Å². The Kier molecular flexibility index (Phi) is 5.04. The van der Waals surface area contributed by atoms with Crippen molar-refractivity contribution in [1.82, 2.24) is 9.97 Å². The Labute approximate surface area is 147 Å². The van der Waals surface area contributed by atoms with Gasteiger partial charge in [-0.25, -0.2) is 15.4 Å². The van der Waals surface area contributed by atoms with Gasteiger partial charge in [-0.2, -0.15) is 5.10 Å². The van der Waals surface area contributed by atoms with Crippen molar-refractivity contribution in [2.75, 3.05) is 5.43 Å². The quantitative estimate of drug-likeness (QED) is 0.542. The van der Waals surface area contributed by atoms with Crippen LogP contribution in [0.1, 0.15) is 23.9 Å². The fourth-order valence-electron chi connectivity index (χ4n) is 2.36. The zero-order valence-electron chi connectivity index (χ0n) is 14.5. The zero-order valence-corrected chi connectivity index (χ0v) is 14.5. The van der Waals surface area contributed by atoms with Crippen molar-refractivity contribution in [3.8, 4) is 11.5 Å². The van der Waals surface area contributed by atoms with Crippen molar-refractivity contribution in [2.45, 2.75) is 20.8 Å². The van der Waals surface area contributed by atoms with Gasteiger partial charge in [0.05, 0.1) is 5.71 Å². The fraction of sp³-hybridized carbons (Fsp3) is 0.150. The van der Waals surface area contributed by atoms with Crippen LogP contribution in [0.3, 0.4) is 0 Å². The van der Waals surface area contributed by atoms with Crippen LogP contribution >= 0.6 is 0 Å². The Balaban J connectivity index is 1.68. The number of ether oxygens (including phenoxy) is 1. The standard InChI is InChI=1S/C20H20N4O/c1-14-13-15(2)22-20(21-14)24-23-16(3)17-9-11-19(12-10-17)25-18-7-5-4-6-8-18/h4-13H,1-3H3,(H,21,22,24). The molecule has 0 radical (unpaired) electrons. The monoisotopic (exact) mass is 332 g/mol. The van der Waals surface area contributed by atoms with Crippen molar-refractivity contribution in [3.63, 3.8) is 0 Å². The van der Waals surface area contributed by atoms with Crippen LogP contribution in [-0.4, -0.2) is 15.7 Å². The summed E-state index contributed by atoms with van der Waals surface area (Å²) >= 11 is 0. The smallest absolute Gasteiger partial charge is 0.243 e. The van der Waals surface area contributed by atoms with Crippen LogP contribution in [0.5, 0.6) is 11.5 Å². The average Bonchev–Trinajstić information content (AvgIpc) is 2.60. The molecule has 0 bridgehead atoms. The van der Waals surface area contributed by atoms with Gasteiger partial charge in [0.2, 0.25) is 5.95 Å². The molecule has 0 atom stereocenters. The van der Waals surface area contributed by atoms with Crippen molar-refractivity contribution < 1.29 is 4.74 Å². The normalized spacial score (nSPS) is 11.2. The lowest BCUT2D eigenvalue weighted by Crippen LogP contribution is -2.03. The summed E-state index contributed by atoms with van der Waals surface area (Å²) in [6.07, 6.45) is 0. The van der Waals surface area contributed by atoms with Crippen LogP contribution in [0.15, 0.2) is 65.8 Å². The number of anilines is 1. The summed E-state index contributed by atoms with van der Waals surface area (Å²) < 4.78 is 5.79. The van der Waals surface area contributed by atoms with E-state index >= 15 is 0 Å². The molecule has 0 saturated carbocycles. The highest BCUT2D eigenvalue weighted by molar-refractivity contribution is 5.99. The molecule has 0 fully saturated rings. The number of rotatable bonds is 5. The van der Waals surface area contributed by atoms with Gasteiger partial charge >= 0.3 is 0 Å². The minimum Gasteiger partial charge on any atom is -0.457 e. The summed E-state index contributed by atoms with van der Waals surface area (Å²) in [5.41, 5.74) is 6.57. The molecule has 5 heteroatoms. The molecule has 0 aliphatic heterocycles. The number of hydrogen-bond donors (Lipinski definition) is 1. The summed E-state index contributed by atoms with van der Waals surface area (Å²) in [5, 5.41) is 4.36. The van der Waals surface area contributed by atoms with E-state index in [2.05, 4.69) is 20.5 Å². The Morgan fingerprint density at radius 1 is 0.880 bits per heavy atom. The van der Waals surface area contributed by atoms with E-state index in [1.54, 1.807) is 0 Å². The maximum absolute atomic E-state index is 5.79. The van der Waals surface area contributed by atoms with Crippen molar-refractivity contribution in [3.05, 3.63) is 77.6 Å². The van der Waals surface area contributed by atoms with Gasteiger partial charge in [0, 0.05) is 11.4 Å². The van der Waals surface area contributed by atoms with E-state index in [1.165, 1.54) is 0 Å². The molecule has 0 spiro atoms. The van der Waals surface area contributed by atoms with Gasteiger partial charge in [-0.3, -0.25) is 0 Å². The van der Waals surface area contributed by atoms with Gasteiger partial charge in [-0.15, -0.1) is 0 Å². The lowest BCUT2D eigenvalue weighted by molar-refractivity contribution is 0.482. The first-order valence-electron chi connectivity index (χ1n) is 8.06. The van der Waals surface area contributed by atoms with Crippen LogP contribution in [0.4, 0.5) is 5.95 Å². The molecule has 126 valence electrons. The Morgan fingerprint density at radius 3 is 2.12 bits per heavy atom. The summed E-state index contributed by atoms with van der Waals surface area (Å²) in [4.78, 5) is 8.62. The van der Waals surface area contributed by atoms with Crippen LogP contribution in [0, 0.1) is 13.8 Å². The molecular weight excluding hydrogens is 312 g/mol. The van der Waals surface area contributed by atoms with Crippen LogP contribution < -0.4 is 10.2 Å². The molecule has 25 heavy (non-hydrogen) atoms. The van der Waals surface area contributed by atoms with Gasteiger partial charge in [0.15, 0.2) is 0 Å². The van der Waals surface area contributed by atoms with Crippen LogP contribution in [0.2, 0.25) is 0 Å². The predicted molar refractivity (Wildman–Crippen MR) is 100 cm³/mol. The zero-order chi connectivity index (χ0) is 17.6. The van der Waals surface area contributed by atoms with Crippen LogP contribution in [0.25, 0.3) is 0 Å². The maximum atomic E-state index is 5.79. The first kappa shape index (κ1) is 16.6. The van der Waals surface area contributed by atoms with Crippen molar-refractivity contribution in [1.29, 1.82) is 0 Å². The highest BCUT2D eigenvalue weighted by Gasteiger charge is 2.02. The highest BCUT2D eigenvalue weighted by atomic mass is 16.5. The average molecular weight is 332 g/mol. The predicted octanol–water partition coefficient (Wildman–Crippen LogP) is 4.72. The van der Waals surface area contributed by atoms with E-state index in [0.717, 1.165) is 34.2 Å². The minimum atomic E-state index is 0.501. The third-order valence-electron chi connectivity index (χ3n) is 3.56. The molecule has 0 aliphatic rings. The summed E-state index contributed by atoms with van der Waals surface area (Å²) in [5.74, 6) is 2.10. The molecule has 0 aliphatic carbocycles. The molecule has 0 amide bonds. The topological polar surface area (TPSA) is 59.4 Å². The second kappa shape index (κ2) is 7.57. The minimum absolute atomic E-state index is 0.501.